The topological polar surface area (TPSA) is 81.4 Å². The van der Waals surface area contributed by atoms with Gasteiger partial charge in [0.2, 0.25) is 0 Å². The predicted molar refractivity (Wildman–Crippen MR) is 83.4 cm³/mol. The highest BCUT2D eigenvalue weighted by atomic mass is 79.9. The zero-order chi connectivity index (χ0) is 15.8. The molecule has 0 aliphatic rings. The molecule has 116 valence electrons. The second-order valence-electron chi connectivity index (χ2n) is 4.19. The minimum atomic E-state index is -0.826. The van der Waals surface area contributed by atoms with Crippen LogP contribution in [0.4, 0.5) is 9.18 Å². The number of amides is 2. The van der Waals surface area contributed by atoms with E-state index in [2.05, 4.69) is 21.2 Å². The number of hydrogen-bond acceptors (Lipinski definition) is 4. The number of primary amides is 1. The van der Waals surface area contributed by atoms with Gasteiger partial charge in [-0.05, 0) is 30.6 Å². The zero-order valence-corrected chi connectivity index (χ0v) is 13.8. The van der Waals surface area contributed by atoms with E-state index in [1.54, 1.807) is 6.07 Å². The van der Waals surface area contributed by atoms with Gasteiger partial charge < -0.3 is 15.8 Å². The number of carbonyl (C=O) groups excluding carboxylic acids is 2. The number of carbonyl (C=O) groups is 2. The maximum absolute atomic E-state index is 13.6. The van der Waals surface area contributed by atoms with Gasteiger partial charge in [0.1, 0.15) is 18.5 Å². The van der Waals surface area contributed by atoms with Crippen LogP contribution in [0.15, 0.2) is 22.7 Å². The SMILES string of the molecule is CSCC[C@H](NC(N)=O)C(=O)OCc1ccc(Br)cc1F. The molecule has 0 saturated carbocycles. The van der Waals surface area contributed by atoms with E-state index in [1.807, 2.05) is 6.26 Å². The molecular weight excluding hydrogens is 363 g/mol. The summed E-state index contributed by atoms with van der Waals surface area (Å²) in [6.07, 6.45) is 2.27. The molecule has 0 bridgehead atoms. The maximum atomic E-state index is 13.6. The van der Waals surface area contributed by atoms with Crippen LogP contribution >= 0.6 is 27.7 Å². The van der Waals surface area contributed by atoms with Crippen LogP contribution < -0.4 is 11.1 Å². The summed E-state index contributed by atoms with van der Waals surface area (Å²) in [5, 5.41) is 2.32. The smallest absolute Gasteiger partial charge is 0.329 e. The van der Waals surface area contributed by atoms with Gasteiger partial charge >= 0.3 is 12.0 Å². The van der Waals surface area contributed by atoms with Crippen molar-refractivity contribution in [1.29, 1.82) is 0 Å². The van der Waals surface area contributed by atoms with Crippen LogP contribution in [0.3, 0.4) is 0 Å². The molecule has 0 saturated heterocycles. The Labute approximate surface area is 134 Å². The summed E-state index contributed by atoms with van der Waals surface area (Å²) in [6.45, 7) is -0.200. The van der Waals surface area contributed by atoms with Crippen LogP contribution in [0, 0.1) is 5.82 Å². The van der Waals surface area contributed by atoms with Crippen molar-refractivity contribution >= 4 is 39.7 Å². The van der Waals surface area contributed by atoms with Crippen molar-refractivity contribution in [3.05, 3.63) is 34.1 Å². The van der Waals surface area contributed by atoms with Crippen molar-refractivity contribution in [1.82, 2.24) is 5.32 Å². The highest BCUT2D eigenvalue weighted by molar-refractivity contribution is 9.10. The zero-order valence-electron chi connectivity index (χ0n) is 11.4. The molecule has 21 heavy (non-hydrogen) atoms. The molecule has 0 heterocycles. The molecule has 3 N–H and O–H groups in total. The lowest BCUT2D eigenvalue weighted by Crippen LogP contribution is -2.44. The number of thioether (sulfide) groups is 1. The minimum Gasteiger partial charge on any atom is -0.459 e. The first kappa shape index (κ1) is 17.8. The van der Waals surface area contributed by atoms with Crippen LogP contribution in [0.2, 0.25) is 0 Å². The van der Waals surface area contributed by atoms with Crippen molar-refractivity contribution in [3.8, 4) is 0 Å². The van der Waals surface area contributed by atoms with Crippen molar-refractivity contribution in [2.24, 2.45) is 5.73 Å². The summed E-state index contributed by atoms with van der Waals surface area (Å²) in [5.74, 6) is -0.446. The fourth-order valence-electron chi connectivity index (χ4n) is 1.54. The first-order chi connectivity index (χ1) is 9.93. The van der Waals surface area contributed by atoms with E-state index in [0.29, 0.717) is 16.6 Å². The summed E-state index contributed by atoms with van der Waals surface area (Å²) in [6, 6.07) is 2.83. The van der Waals surface area contributed by atoms with Crippen molar-refractivity contribution in [3.63, 3.8) is 0 Å². The second kappa shape index (κ2) is 8.89. The largest absolute Gasteiger partial charge is 0.459 e. The van der Waals surface area contributed by atoms with E-state index >= 15 is 0 Å². The lowest BCUT2D eigenvalue weighted by atomic mass is 10.2. The van der Waals surface area contributed by atoms with Gasteiger partial charge in [-0.1, -0.05) is 22.0 Å². The molecule has 1 atom stereocenters. The molecule has 0 aliphatic carbocycles. The van der Waals surface area contributed by atoms with E-state index in [1.165, 1.54) is 23.9 Å². The molecule has 0 spiro atoms. The number of nitrogens with one attached hydrogen (secondary N) is 1. The third-order valence-corrected chi connectivity index (χ3v) is 3.73. The highest BCUT2D eigenvalue weighted by Crippen LogP contribution is 2.16. The second-order valence-corrected chi connectivity index (χ2v) is 6.09. The van der Waals surface area contributed by atoms with Crippen LogP contribution in [-0.4, -0.2) is 30.1 Å². The number of hydrogen-bond donors (Lipinski definition) is 2. The van der Waals surface area contributed by atoms with Gasteiger partial charge in [0.05, 0.1) is 0 Å². The lowest BCUT2D eigenvalue weighted by Gasteiger charge is -2.16. The maximum Gasteiger partial charge on any atom is 0.329 e. The third-order valence-electron chi connectivity index (χ3n) is 2.60. The molecular formula is C13H16BrFN2O3S. The Hall–Kier alpha value is -1.28. The fraction of sp³-hybridized carbons (Fsp3) is 0.385. The average molecular weight is 379 g/mol. The summed E-state index contributed by atoms with van der Waals surface area (Å²) >= 11 is 4.67. The molecule has 0 aromatic heterocycles. The molecule has 1 aromatic rings. The van der Waals surface area contributed by atoms with Crippen LogP contribution in [0.5, 0.6) is 0 Å². The molecule has 2 amide bonds. The Morgan fingerprint density at radius 2 is 2.24 bits per heavy atom. The third kappa shape index (κ3) is 6.34. The van der Waals surface area contributed by atoms with E-state index in [0.717, 1.165) is 0 Å². The van der Waals surface area contributed by atoms with E-state index in [4.69, 9.17) is 10.5 Å². The predicted octanol–water partition coefficient (Wildman–Crippen LogP) is 2.42. The van der Waals surface area contributed by atoms with Gasteiger partial charge in [-0.2, -0.15) is 11.8 Å². The molecule has 0 aliphatic heterocycles. The van der Waals surface area contributed by atoms with Gasteiger partial charge in [0, 0.05) is 10.0 Å². The van der Waals surface area contributed by atoms with Gasteiger partial charge in [-0.25, -0.2) is 14.0 Å². The van der Waals surface area contributed by atoms with Gasteiger partial charge in [-0.15, -0.1) is 0 Å². The van der Waals surface area contributed by atoms with Crippen LogP contribution in [0.1, 0.15) is 12.0 Å². The number of nitrogens with two attached hydrogens (primary N) is 1. The number of ether oxygens (including phenoxy) is 1. The van der Waals surface area contributed by atoms with Crippen molar-refractivity contribution in [2.75, 3.05) is 12.0 Å². The quantitative estimate of drug-likeness (QED) is 0.713. The monoisotopic (exact) mass is 378 g/mol. The van der Waals surface area contributed by atoms with Crippen LogP contribution in [-0.2, 0) is 16.1 Å². The number of benzene rings is 1. The summed E-state index contributed by atoms with van der Waals surface area (Å²) in [7, 11) is 0. The Kier molecular flexibility index (Phi) is 7.52. The van der Waals surface area contributed by atoms with Crippen molar-refractivity contribution in [2.45, 2.75) is 19.1 Å². The Bertz CT molecular complexity index is 516. The molecule has 0 unspecified atom stereocenters. The van der Waals surface area contributed by atoms with Gasteiger partial charge in [0.25, 0.3) is 0 Å². The summed E-state index contributed by atoms with van der Waals surface area (Å²) in [5.41, 5.74) is 5.28. The standard InChI is InChI=1S/C13H16BrFN2O3S/c1-21-5-4-11(17-13(16)19)12(18)20-7-8-2-3-9(14)6-10(8)15/h2-3,6,11H,4-5,7H2,1H3,(H3,16,17,19)/t11-/m0/s1. The normalized spacial score (nSPS) is 11.8. The van der Waals surface area contributed by atoms with Crippen molar-refractivity contribution < 1.29 is 18.7 Å². The molecule has 8 heteroatoms. The molecule has 1 aromatic carbocycles. The van der Waals surface area contributed by atoms with E-state index in [-0.39, 0.29) is 12.2 Å². The Balaban J connectivity index is 2.61. The molecule has 5 nitrogen and oxygen atoms in total. The number of urea groups is 1. The molecule has 1 rings (SSSR count). The lowest BCUT2D eigenvalue weighted by molar-refractivity contribution is -0.147. The Morgan fingerprint density at radius 3 is 2.81 bits per heavy atom. The first-order valence-corrected chi connectivity index (χ1v) is 8.28. The summed E-state index contributed by atoms with van der Waals surface area (Å²) < 4.78 is 19.2. The Morgan fingerprint density at radius 1 is 1.52 bits per heavy atom. The summed E-state index contributed by atoms with van der Waals surface area (Å²) in [4.78, 5) is 22.8. The molecule has 0 fully saturated rings. The van der Waals surface area contributed by atoms with Gasteiger partial charge in [0.15, 0.2) is 0 Å². The fourth-order valence-corrected chi connectivity index (χ4v) is 2.35. The number of halogens is 2. The van der Waals surface area contributed by atoms with E-state index in [9.17, 15) is 14.0 Å². The first-order valence-electron chi connectivity index (χ1n) is 6.09. The minimum absolute atomic E-state index is 0.200. The van der Waals surface area contributed by atoms with E-state index < -0.39 is 23.9 Å². The average Bonchev–Trinajstić information content (AvgIpc) is 2.41. The number of esters is 1. The number of rotatable bonds is 7. The van der Waals surface area contributed by atoms with Crippen LogP contribution in [0.25, 0.3) is 0 Å². The molecule has 0 radical (unpaired) electrons. The highest BCUT2D eigenvalue weighted by Gasteiger charge is 2.21. The van der Waals surface area contributed by atoms with Gasteiger partial charge in [-0.3, -0.25) is 0 Å².